The van der Waals surface area contributed by atoms with Crippen molar-refractivity contribution in [3.63, 3.8) is 0 Å². The van der Waals surface area contributed by atoms with Gasteiger partial charge in [-0.05, 0) is 24.3 Å². The molecule has 1 aliphatic rings. The molecule has 0 N–H and O–H groups in total. The lowest BCUT2D eigenvalue weighted by molar-refractivity contribution is 0.389. The Bertz CT molecular complexity index is 737. The minimum absolute atomic E-state index is 0.240. The molecule has 0 bridgehead atoms. The number of aromatic nitrogens is 1. The minimum atomic E-state index is -3.25. The third-order valence-electron chi connectivity index (χ3n) is 3.38. The van der Waals surface area contributed by atoms with Gasteiger partial charge in [-0.25, -0.2) is 12.8 Å². The van der Waals surface area contributed by atoms with Crippen molar-refractivity contribution in [1.82, 2.24) is 9.46 Å². The predicted octanol–water partition coefficient (Wildman–Crippen LogP) is 1.80. The summed E-state index contributed by atoms with van der Waals surface area (Å²) in [7, 11) is -3.25. The molecule has 1 aromatic carbocycles. The summed E-state index contributed by atoms with van der Waals surface area (Å²) < 4.78 is 42.9. The van der Waals surface area contributed by atoms with E-state index in [4.69, 9.17) is 4.52 Å². The van der Waals surface area contributed by atoms with E-state index in [2.05, 4.69) is 5.16 Å². The molecule has 5 nitrogen and oxygen atoms in total. The molecule has 0 saturated carbocycles. The Morgan fingerprint density at radius 1 is 1.30 bits per heavy atom. The van der Waals surface area contributed by atoms with Crippen LogP contribution in [0.1, 0.15) is 11.3 Å². The Kier molecular flexibility index (Phi) is 3.10. The van der Waals surface area contributed by atoms with Gasteiger partial charge < -0.3 is 4.52 Å². The maximum atomic E-state index is 13.0. The van der Waals surface area contributed by atoms with Crippen LogP contribution in [0.2, 0.25) is 0 Å². The number of nitrogens with zero attached hydrogens (tertiary/aromatic N) is 2. The molecule has 0 aliphatic carbocycles. The van der Waals surface area contributed by atoms with Gasteiger partial charge in [0.2, 0.25) is 10.0 Å². The maximum Gasteiger partial charge on any atom is 0.211 e. The Morgan fingerprint density at radius 3 is 2.65 bits per heavy atom. The number of fused-ring (bicyclic) bond motifs is 1. The monoisotopic (exact) mass is 296 g/mol. The molecule has 0 amide bonds. The zero-order valence-corrected chi connectivity index (χ0v) is 11.7. The van der Waals surface area contributed by atoms with E-state index in [0.29, 0.717) is 24.3 Å². The van der Waals surface area contributed by atoms with Crippen LogP contribution in [0.5, 0.6) is 0 Å². The molecule has 1 aliphatic heterocycles. The number of sulfonamides is 1. The van der Waals surface area contributed by atoms with E-state index in [0.717, 1.165) is 11.3 Å². The van der Waals surface area contributed by atoms with Crippen molar-refractivity contribution in [2.45, 2.75) is 13.0 Å². The average molecular weight is 296 g/mol. The topological polar surface area (TPSA) is 63.4 Å². The Balaban J connectivity index is 2.01. The summed E-state index contributed by atoms with van der Waals surface area (Å²) in [4.78, 5) is 0. The molecule has 7 heteroatoms. The van der Waals surface area contributed by atoms with Gasteiger partial charge in [0.25, 0.3) is 0 Å². The molecule has 106 valence electrons. The summed E-state index contributed by atoms with van der Waals surface area (Å²) in [6.07, 6.45) is 1.70. The minimum Gasteiger partial charge on any atom is -0.356 e. The SMILES string of the molecule is CS(=O)(=O)N1CCc2noc(-c3ccc(F)cc3)c2C1. The molecule has 20 heavy (non-hydrogen) atoms. The summed E-state index contributed by atoms with van der Waals surface area (Å²) in [6.45, 7) is 0.644. The van der Waals surface area contributed by atoms with Crippen molar-refractivity contribution in [3.8, 4) is 11.3 Å². The molecule has 0 spiro atoms. The van der Waals surface area contributed by atoms with Gasteiger partial charge in [0, 0.05) is 30.6 Å². The second-order valence-corrected chi connectivity index (χ2v) is 6.77. The van der Waals surface area contributed by atoms with Crippen LogP contribution in [-0.2, 0) is 23.0 Å². The highest BCUT2D eigenvalue weighted by Crippen LogP contribution is 2.31. The van der Waals surface area contributed by atoms with E-state index < -0.39 is 10.0 Å². The van der Waals surface area contributed by atoms with Gasteiger partial charge in [-0.3, -0.25) is 0 Å². The van der Waals surface area contributed by atoms with Crippen molar-refractivity contribution in [3.05, 3.63) is 41.3 Å². The third-order valence-corrected chi connectivity index (χ3v) is 4.63. The van der Waals surface area contributed by atoms with Crippen LogP contribution < -0.4 is 0 Å². The van der Waals surface area contributed by atoms with Gasteiger partial charge in [-0.2, -0.15) is 4.31 Å². The number of hydrogen-bond donors (Lipinski definition) is 0. The summed E-state index contributed by atoms with van der Waals surface area (Å²) in [5.74, 6) is 0.174. The first-order chi connectivity index (χ1) is 9.45. The van der Waals surface area contributed by atoms with E-state index in [9.17, 15) is 12.8 Å². The maximum absolute atomic E-state index is 13.0. The summed E-state index contributed by atoms with van der Waals surface area (Å²) in [5, 5.41) is 3.98. The smallest absolute Gasteiger partial charge is 0.211 e. The summed E-state index contributed by atoms with van der Waals surface area (Å²) >= 11 is 0. The van der Waals surface area contributed by atoms with Crippen LogP contribution in [0.3, 0.4) is 0 Å². The van der Waals surface area contributed by atoms with E-state index in [1.807, 2.05) is 0 Å². The molecular weight excluding hydrogens is 283 g/mol. The Labute approximate surface area is 116 Å². The first-order valence-corrected chi connectivity index (χ1v) is 7.98. The predicted molar refractivity (Wildman–Crippen MR) is 70.9 cm³/mol. The quantitative estimate of drug-likeness (QED) is 0.847. The van der Waals surface area contributed by atoms with Crippen LogP contribution in [0.25, 0.3) is 11.3 Å². The van der Waals surface area contributed by atoms with Crippen molar-refractivity contribution in [1.29, 1.82) is 0 Å². The van der Waals surface area contributed by atoms with Gasteiger partial charge in [0.15, 0.2) is 5.76 Å². The molecule has 2 aromatic rings. The largest absolute Gasteiger partial charge is 0.356 e. The molecule has 2 heterocycles. The number of halogens is 1. The highest BCUT2D eigenvalue weighted by molar-refractivity contribution is 7.88. The lowest BCUT2D eigenvalue weighted by Gasteiger charge is -2.23. The van der Waals surface area contributed by atoms with E-state index in [-0.39, 0.29) is 12.4 Å². The molecule has 0 saturated heterocycles. The van der Waals surface area contributed by atoms with Crippen LogP contribution >= 0.6 is 0 Å². The standard InChI is InChI=1S/C13H13FN2O3S/c1-20(17,18)16-7-6-12-11(8-16)13(19-15-12)9-2-4-10(14)5-3-9/h2-5H,6-8H2,1H3. The number of hydrogen-bond acceptors (Lipinski definition) is 4. The zero-order chi connectivity index (χ0) is 14.3. The highest BCUT2D eigenvalue weighted by atomic mass is 32.2. The molecule has 1 aromatic heterocycles. The molecular formula is C13H13FN2O3S. The molecule has 0 atom stereocenters. The summed E-state index contributed by atoms with van der Waals surface area (Å²) in [5.41, 5.74) is 2.22. The summed E-state index contributed by atoms with van der Waals surface area (Å²) in [6, 6.07) is 5.86. The fourth-order valence-corrected chi connectivity index (χ4v) is 3.09. The van der Waals surface area contributed by atoms with Gasteiger partial charge in [0.05, 0.1) is 11.9 Å². The van der Waals surface area contributed by atoms with Crippen molar-refractivity contribution in [2.75, 3.05) is 12.8 Å². The van der Waals surface area contributed by atoms with Gasteiger partial charge in [-0.15, -0.1) is 0 Å². The van der Waals surface area contributed by atoms with Gasteiger partial charge >= 0.3 is 0 Å². The highest BCUT2D eigenvalue weighted by Gasteiger charge is 2.29. The first-order valence-electron chi connectivity index (χ1n) is 6.13. The molecule has 0 radical (unpaired) electrons. The Hall–Kier alpha value is -1.73. The lowest BCUT2D eigenvalue weighted by atomic mass is 10.0. The van der Waals surface area contributed by atoms with Crippen LogP contribution in [-0.4, -0.2) is 30.7 Å². The lowest BCUT2D eigenvalue weighted by Crippen LogP contribution is -2.35. The normalized spacial score (nSPS) is 16.1. The fourth-order valence-electron chi connectivity index (χ4n) is 2.30. The fraction of sp³-hybridized carbons (Fsp3) is 0.308. The average Bonchev–Trinajstić information content (AvgIpc) is 2.81. The first kappa shape index (κ1) is 13.3. The Morgan fingerprint density at radius 2 is 2.00 bits per heavy atom. The zero-order valence-electron chi connectivity index (χ0n) is 10.8. The second-order valence-electron chi connectivity index (χ2n) is 4.79. The van der Waals surface area contributed by atoms with Crippen molar-refractivity contribution >= 4 is 10.0 Å². The number of benzene rings is 1. The number of rotatable bonds is 2. The second kappa shape index (κ2) is 4.68. The molecule has 0 fully saturated rings. The van der Waals surface area contributed by atoms with Crippen LogP contribution in [0.4, 0.5) is 4.39 Å². The van der Waals surface area contributed by atoms with Crippen LogP contribution in [0.15, 0.2) is 28.8 Å². The van der Waals surface area contributed by atoms with Gasteiger partial charge in [-0.1, -0.05) is 5.16 Å². The van der Waals surface area contributed by atoms with Crippen LogP contribution in [0, 0.1) is 5.82 Å². The molecule has 0 unspecified atom stereocenters. The van der Waals surface area contributed by atoms with E-state index in [1.165, 1.54) is 22.7 Å². The molecule has 3 rings (SSSR count). The van der Waals surface area contributed by atoms with E-state index >= 15 is 0 Å². The third kappa shape index (κ3) is 2.34. The van der Waals surface area contributed by atoms with E-state index in [1.54, 1.807) is 12.1 Å². The van der Waals surface area contributed by atoms with Crippen molar-refractivity contribution < 1.29 is 17.3 Å². The van der Waals surface area contributed by atoms with Gasteiger partial charge in [0.1, 0.15) is 5.82 Å². The van der Waals surface area contributed by atoms with Crippen molar-refractivity contribution in [2.24, 2.45) is 0 Å².